The molecule has 2 heterocycles. The largest absolute Gasteiger partial charge is 0.462 e. The zero-order valence-electron chi connectivity index (χ0n) is 34.8. The van der Waals surface area contributed by atoms with E-state index in [1.165, 1.54) is 83.5 Å². The molecule has 2 fully saturated rings. The molecule has 2 aliphatic heterocycles. The molecule has 57 heavy (non-hydrogen) atoms. The van der Waals surface area contributed by atoms with Crippen molar-refractivity contribution < 1.29 is 73.8 Å². The molecule has 336 valence electrons. The van der Waals surface area contributed by atoms with E-state index in [-0.39, 0.29) is 26.1 Å². The lowest BCUT2D eigenvalue weighted by atomic mass is 9.98. The van der Waals surface area contributed by atoms with Crippen LogP contribution in [-0.4, -0.2) is 142 Å². The van der Waals surface area contributed by atoms with Gasteiger partial charge in [0.2, 0.25) is 0 Å². The molecule has 0 spiro atoms. The fourth-order valence-corrected chi connectivity index (χ4v) is 7.10. The molecule has 0 radical (unpaired) electrons. The second-order valence-corrected chi connectivity index (χ2v) is 15.9. The first-order valence-electron chi connectivity index (χ1n) is 22.1. The molecule has 11 atom stereocenters. The molecule has 15 heteroatoms. The van der Waals surface area contributed by atoms with E-state index in [1.807, 2.05) is 0 Å². The molecule has 0 aromatic carbocycles. The molecule has 0 aliphatic carbocycles. The Morgan fingerprint density at radius 1 is 0.491 bits per heavy atom. The maximum Gasteiger partial charge on any atom is 0.306 e. The van der Waals surface area contributed by atoms with Crippen LogP contribution in [0.4, 0.5) is 0 Å². The summed E-state index contributed by atoms with van der Waals surface area (Å²) >= 11 is 0. The van der Waals surface area contributed by atoms with Gasteiger partial charge in [0.1, 0.15) is 55.4 Å². The third kappa shape index (κ3) is 21.0. The van der Waals surface area contributed by atoms with Crippen molar-refractivity contribution in [1.82, 2.24) is 0 Å². The molecule has 7 N–H and O–H groups in total. The van der Waals surface area contributed by atoms with E-state index in [4.69, 9.17) is 28.4 Å². The molecule has 0 saturated carbocycles. The average Bonchev–Trinajstić information content (AvgIpc) is 3.20. The van der Waals surface area contributed by atoms with Crippen LogP contribution in [0.15, 0.2) is 0 Å². The fourth-order valence-electron chi connectivity index (χ4n) is 7.10. The standard InChI is InChI=1S/C42H78O15/c1-3-5-7-9-11-13-14-15-16-17-19-21-23-25-34(45)55-30(27-52-33(44)24-22-20-18-12-10-8-6-4-2)28-53-41-40(51)38(49)36(47)32(57-41)29-54-42-39(50)37(48)35(46)31(26-43)56-42/h30-32,35-43,46-51H,3-29H2,1-2H3/t30-,31-,32-,35+,36+,37+,38+,39-,40-,41-,42+/m1/s1. The van der Waals surface area contributed by atoms with Crippen LogP contribution in [0.25, 0.3) is 0 Å². The molecule has 2 rings (SSSR count). The van der Waals surface area contributed by atoms with E-state index in [0.717, 1.165) is 38.5 Å². The van der Waals surface area contributed by atoms with Crippen LogP contribution in [-0.2, 0) is 38.0 Å². The van der Waals surface area contributed by atoms with Crippen molar-refractivity contribution in [2.24, 2.45) is 0 Å². The minimum atomic E-state index is -1.76. The Morgan fingerprint density at radius 2 is 0.895 bits per heavy atom. The number of rotatable bonds is 33. The van der Waals surface area contributed by atoms with Crippen molar-refractivity contribution in [3.05, 3.63) is 0 Å². The Bertz CT molecular complexity index is 1020. The third-order valence-electron chi connectivity index (χ3n) is 10.8. The van der Waals surface area contributed by atoms with Gasteiger partial charge in [0.05, 0.1) is 19.8 Å². The quantitative estimate of drug-likeness (QED) is 0.0365. The minimum Gasteiger partial charge on any atom is -0.462 e. The van der Waals surface area contributed by atoms with Gasteiger partial charge in [0.25, 0.3) is 0 Å². The number of carbonyl (C=O) groups is 2. The highest BCUT2D eigenvalue weighted by Gasteiger charge is 2.47. The normalized spacial score (nSPS) is 28.3. The SMILES string of the molecule is CCCCCCCCCCCCCCCC(=O)O[C@H](COC(=O)CCCCCCCCCC)CO[C@@H]1O[C@H](CO[C@H]2O[C@H](CO)[C@H](O)[C@H](O)[C@H]2O)[C@H](O)[C@H](O)[C@H]1O. The van der Waals surface area contributed by atoms with Crippen molar-refractivity contribution in [3.8, 4) is 0 Å². The van der Waals surface area contributed by atoms with Crippen molar-refractivity contribution in [1.29, 1.82) is 0 Å². The average molecular weight is 823 g/mol. The number of unbranched alkanes of at least 4 members (excludes halogenated alkanes) is 19. The summed E-state index contributed by atoms with van der Waals surface area (Å²) in [7, 11) is 0. The molecule has 15 nitrogen and oxygen atoms in total. The van der Waals surface area contributed by atoms with Crippen molar-refractivity contribution in [2.75, 3.05) is 26.4 Å². The second-order valence-electron chi connectivity index (χ2n) is 15.9. The van der Waals surface area contributed by atoms with E-state index in [1.54, 1.807) is 0 Å². The van der Waals surface area contributed by atoms with Gasteiger partial charge in [-0.3, -0.25) is 9.59 Å². The summed E-state index contributed by atoms with van der Waals surface area (Å²) < 4.78 is 33.4. The van der Waals surface area contributed by atoms with Crippen LogP contribution in [0, 0.1) is 0 Å². The van der Waals surface area contributed by atoms with Crippen molar-refractivity contribution in [3.63, 3.8) is 0 Å². The predicted molar refractivity (Wildman–Crippen MR) is 211 cm³/mol. The molecular formula is C42H78O15. The van der Waals surface area contributed by atoms with Crippen LogP contribution >= 0.6 is 0 Å². The zero-order valence-corrected chi connectivity index (χ0v) is 34.8. The van der Waals surface area contributed by atoms with E-state index >= 15 is 0 Å². The molecule has 0 amide bonds. The van der Waals surface area contributed by atoms with Gasteiger partial charge >= 0.3 is 11.9 Å². The molecule has 2 saturated heterocycles. The number of esters is 2. The summed E-state index contributed by atoms with van der Waals surface area (Å²) in [5.41, 5.74) is 0. The molecule has 0 aromatic rings. The lowest BCUT2D eigenvalue weighted by Crippen LogP contribution is -2.61. The minimum absolute atomic E-state index is 0.172. The van der Waals surface area contributed by atoms with Crippen LogP contribution in [0.3, 0.4) is 0 Å². The lowest BCUT2D eigenvalue weighted by molar-refractivity contribution is -0.332. The van der Waals surface area contributed by atoms with Gasteiger partial charge < -0.3 is 64.2 Å². The zero-order chi connectivity index (χ0) is 41.8. The highest BCUT2D eigenvalue weighted by atomic mass is 16.7. The second kappa shape index (κ2) is 31.4. The first-order chi connectivity index (χ1) is 27.5. The monoisotopic (exact) mass is 823 g/mol. The van der Waals surface area contributed by atoms with E-state index in [2.05, 4.69) is 13.8 Å². The topological polar surface area (TPSA) is 231 Å². The summed E-state index contributed by atoms with van der Waals surface area (Å²) in [6.07, 6.45) is 7.38. The van der Waals surface area contributed by atoms with Gasteiger partial charge in [0, 0.05) is 12.8 Å². The number of aliphatic hydroxyl groups excluding tert-OH is 7. The van der Waals surface area contributed by atoms with Crippen LogP contribution in [0.1, 0.15) is 162 Å². The van der Waals surface area contributed by atoms with Crippen molar-refractivity contribution in [2.45, 2.75) is 229 Å². The molecular weight excluding hydrogens is 744 g/mol. The van der Waals surface area contributed by atoms with Crippen LogP contribution in [0.2, 0.25) is 0 Å². The Hall–Kier alpha value is -1.50. The summed E-state index contributed by atoms with van der Waals surface area (Å²) in [6, 6.07) is 0. The molecule has 0 unspecified atom stereocenters. The summed E-state index contributed by atoms with van der Waals surface area (Å²) in [4.78, 5) is 25.5. The number of hydrogen-bond donors (Lipinski definition) is 7. The van der Waals surface area contributed by atoms with Gasteiger partial charge in [-0.15, -0.1) is 0 Å². The van der Waals surface area contributed by atoms with Crippen LogP contribution in [0.5, 0.6) is 0 Å². The number of ether oxygens (including phenoxy) is 6. The van der Waals surface area contributed by atoms with Gasteiger partial charge in [-0.05, 0) is 12.8 Å². The molecule has 2 aliphatic rings. The molecule has 0 aromatic heterocycles. The Morgan fingerprint density at radius 3 is 1.37 bits per heavy atom. The summed E-state index contributed by atoms with van der Waals surface area (Å²) in [6.45, 7) is 2.54. The Balaban J connectivity index is 1.86. The number of carbonyl (C=O) groups excluding carboxylic acids is 2. The van der Waals surface area contributed by atoms with Crippen molar-refractivity contribution >= 4 is 11.9 Å². The number of hydrogen-bond acceptors (Lipinski definition) is 15. The van der Waals surface area contributed by atoms with E-state index in [0.29, 0.717) is 12.8 Å². The van der Waals surface area contributed by atoms with E-state index < -0.39 is 92.7 Å². The first kappa shape index (κ1) is 51.6. The van der Waals surface area contributed by atoms with Gasteiger partial charge in [-0.2, -0.15) is 0 Å². The predicted octanol–water partition coefficient (Wildman–Crippen LogP) is 4.09. The lowest BCUT2D eigenvalue weighted by Gasteiger charge is -2.42. The van der Waals surface area contributed by atoms with Gasteiger partial charge in [0.15, 0.2) is 18.7 Å². The first-order valence-corrected chi connectivity index (χ1v) is 22.1. The smallest absolute Gasteiger partial charge is 0.306 e. The highest BCUT2D eigenvalue weighted by molar-refractivity contribution is 5.70. The maximum absolute atomic E-state index is 12.9. The Kier molecular flexibility index (Phi) is 28.4. The number of aliphatic hydroxyl groups is 7. The van der Waals surface area contributed by atoms with Gasteiger partial charge in [-0.1, -0.05) is 136 Å². The molecule has 0 bridgehead atoms. The summed E-state index contributed by atoms with van der Waals surface area (Å²) in [5.74, 6) is -0.923. The summed E-state index contributed by atoms with van der Waals surface area (Å²) in [5, 5.41) is 71.7. The Labute approximate surface area is 340 Å². The van der Waals surface area contributed by atoms with Crippen LogP contribution < -0.4 is 0 Å². The fraction of sp³-hybridized carbons (Fsp3) is 0.952. The van der Waals surface area contributed by atoms with E-state index in [9.17, 15) is 45.3 Å². The highest BCUT2D eigenvalue weighted by Crippen LogP contribution is 2.26. The van der Waals surface area contributed by atoms with Gasteiger partial charge in [-0.25, -0.2) is 0 Å². The maximum atomic E-state index is 12.9. The third-order valence-corrected chi connectivity index (χ3v) is 10.8.